The van der Waals surface area contributed by atoms with Crippen molar-refractivity contribution in [1.82, 2.24) is 9.97 Å². The van der Waals surface area contributed by atoms with Crippen LogP contribution in [-0.4, -0.2) is 49.9 Å². The highest BCUT2D eigenvalue weighted by Crippen LogP contribution is 2.31. The summed E-state index contributed by atoms with van der Waals surface area (Å²) in [6.07, 6.45) is 2.33. The Morgan fingerprint density at radius 1 is 1.09 bits per heavy atom. The van der Waals surface area contributed by atoms with Crippen LogP contribution in [0.5, 0.6) is 0 Å². The van der Waals surface area contributed by atoms with Crippen molar-refractivity contribution in [2.24, 2.45) is 0 Å². The van der Waals surface area contributed by atoms with Crippen LogP contribution in [0.2, 0.25) is 5.02 Å². The molecule has 2 aromatic carbocycles. The van der Waals surface area contributed by atoms with Gasteiger partial charge in [-0.25, -0.2) is 13.4 Å². The molecule has 2 N–H and O–H groups in total. The fourth-order valence-corrected chi connectivity index (χ4v) is 5.19. The SMILES string of the molecule is CCc1cc(N2CCOCC2)ccc1Nc1ncc(Cl)c(Nc2ccccc2S(=O)(=O)C(C)C)n1. The first kappa shape index (κ1) is 25.2. The summed E-state index contributed by atoms with van der Waals surface area (Å²) in [4.78, 5) is 11.4. The Kier molecular flexibility index (Phi) is 7.78. The third-order valence-corrected chi connectivity index (χ3v) is 8.39. The largest absolute Gasteiger partial charge is 0.378 e. The molecule has 186 valence electrons. The zero-order valence-electron chi connectivity index (χ0n) is 20.1. The molecule has 0 amide bonds. The van der Waals surface area contributed by atoms with Crippen molar-refractivity contribution >= 4 is 50.3 Å². The van der Waals surface area contributed by atoms with E-state index in [4.69, 9.17) is 16.3 Å². The summed E-state index contributed by atoms with van der Waals surface area (Å²) in [5.74, 6) is 0.675. The second-order valence-electron chi connectivity index (χ2n) is 8.52. The number of hydrogen-bond acceptors (Lipinski definition) is 8. The molecule has 0 spiro atoms. The van der Waals surface area contributed by atoms with Crippen LogP contribution in [0.1, 0.15) is 26.3 Å². The first-order valence-electron chi connectivity index (χ1n) is 11.6. The van der Waals surface area contributed by atoms with E-state index in [2.05, 4.69) is 44.6 Å². The first-order chi connectivity index (χ1) is 16.8. The van der Waals surface area contributed by atoms with Gasteiger partial charge < -0.3 is 20.3 Å². The number of ether oxygens (including phenoxy) is 1. The molecular weight excluding hydrogens is 486 g/mol. The van der Waals surface area contributed by atoms with Crippen molar-refractivity contribution in [2.75, 3.05) is 41.8 Å². The normalized spacial score (nSPS) is 14.3. The smallest absolute Gasteiger partial charge is 0.229 e. The lowest BCUT2D eigenvalue weighted by molar-refractivity contribution is 0.122. The lowest BCUT2D eigenvalue weighted by Gasteiger charge is -2.29. The Labute approximate surface area is 211 Å². The minimum absolute atomic E-state index is 0.200. The van der Waals surface area contributed by atoms with Crippen molar-refractivity contribution in [2.45, 2.75) is 37.3 Å². The molecule has 4 rings (SSSR count). The van der Waals surface area contributed by atoms with Gasteiger partial charge in [-0.05, 0) is 56.2 Å². The Hall–Kier alpha value is -2.88. The summed E-state index contributed by atoms with van der Waals surface area (Å²) in [6.45, 7) is 8.63. The van der Waals surface area contributed by atoms with Crippen LogP contribution in [0, 0.1) is 0 Å². The van der Waals surface area contributed by atoms with Gasteiger partial charge in [-0.3, -0.25) is 0 Å². The molecule has 0 unspecified atom stereocenters. The summed E-state index contributed by atoms with van der Waals surface area (Å²) >= 11 is 6.36. The first-order valence-corrected chi connectivity index (χ1v) is 13.6. The van der Waals surface area contributed by atoms with E-state index in [1.54, 1.807) is 38.1 Å². The van der Waals surface area contributed by atoms with Gasteiger partial charge in [0.1, 0.15) is 5.02 Å². The number of rotatable bonds is 8. The monoisotopic (exact) mass is 515 g/mol. The quantitative estimate of drug-likeness (QED) is 0.422. The fraction of sp³-hybridized carbons (Fsp3) is 0.360. The zero-order chi connectivity index (χ0) is 25.0. The summed E-state index contributed by atoms with van der Waals surface area (Å²) in [5, 5.41) is 6.10. The Bertz CT molecular complexity index is 1290. The minimum atomic E-state index is -3.50. The average molecular weight is 516 g/mol. The topological polar surface area (TPSA) is 96.5 Å². The maximum Gasteiger partial charge on any atom is 0.229 e. The van der Waals surface area contributed by atoms with Gasteiger partial charge in [0, 0.05) is 24.5 Å². The van der Waals surface area contributed by atoms with Crippen LogP contribution in [0.25, 0.3) is 0 Å². The molecule has 0 aliphatic carbocycles. The number of halogens is 1. The molecular formula is C25H30ClN5O3S. The molecule has 0 saturated carbocycles. The fourth-order valence-electron chi connectivity index (χ4n) is 3.85. The van der Waals surface area contributed by atoms with E-state index in [1.165, 1.54) is 6.20 Å². The van der Waals surface area contributed by atoms with E-state index in [0.29, 0.717) is 17.5 Å². The molecule has 3 aromatic rings. The lowest BCUT2D eigenvalue weighted by Crippen LogP contribution is -2.36. The van der Waals surface area contributed by atoms with Crippen molar-refractivity contribution in [3.63, 3.8) is 0 Å². The molecule has 35 heavy (non-hydrogen) atoms. The van der Waals surface area contributed by atoms with Crippen LogP contribution in [0.3, 0.4) is 0 Å². The van der Waals surface area contributed by atoms with E-state index in [9.17, 15) is 8.42 Å². The molecule has 0 bridgehead atoms. The van der Waals surface area contributed by atoms with Gasteiger partial charge in [0.15, 0.2) is 15.7 Å². The van der Waals surface area contributed by atoms with Gasteiger partial charge in [0.2, 0.25) is 5.95 Å². The zero-order valence-corrected chi connectivity index (χ0v) is 21.7. The molecule has 1 aliphatic heterocycles. The summed E-state index contributed by atoms with van der Waals surface area (Å²) in [6, 6.07) is 13.0. The molecule has 1 aliphatic rings. The number of benzene rings is 2. The van der Waals surface area contributed by atoms with Gasteiger partial charge in [-0.2, -0.15) is 4.98 Å². The predicted molar refractivity (Wildman–Crippen MR) is 141 cm³/mol. The van der Waals surface area contributed by atoms with Crippen LogP contribution in [0.4, 0.5) is 28.8 Å². The van der Waals surface area contributed by atoms with E-state index in [-0.39, 0.29) is 9.92 Å². The molecule has 2 heterocycles. The Balaban J connectivity index is 1.60. The Morgan fingerprint density at radius 3 is 2.54 bits per heavy atom. The van der Waals surface area contributed by atoms with Crippen molar-refractivity contribution in [3.05, 3.63) is 59.2 Å². The molecule has 1 aromatic heterocycles. The maximum absolute atomic E-state index is 12.8. The number of anilines is 5. The number of sulfone groups is 1. The highest BCUT2D eigenvalue weighted by Gasteiger charge is 2.23. The predicted octanol–water partition coefficient (Wildman–Crippen LogP) is 5.20. The number of nitrogens with one attached hydrogen (secondary N) is 2. The van der Waals surface area contributed by atoms with E-state index in [0.717, 1.165) is 49.7 Å². The standard InChI is InChI=1S/C25H30ClN5O3S/c1-4-18-15-19(31-11-13-34-14-12-31)9-10-21(18)29-25-27-16-20(26)24(30-25)28-22-7-5-6-8-23(22)35(32,33)17(2)3/h5-10,15-17H,4,11-14H2,1-3H3,(H2,27,28,29,30). The van der Waals surface area contributed by atoms with Gasteiger partial charge in [0.05, 0.1) is 35.2 Å². The van der Waals surface area contributed by atoms with E-state index in [1.807, 2.05) is 6.07 Å². The molecule has 1 fully saturated rings. The van der Waals surface area contributed by atoms with Crippen LogP contribution in [-0.2, 0) is 21.0 Å². The van der Waals surface area contributed by atoms with Crippen LogP contribution >= 0.6 is 11.6 Å². The van der Waals surface area contributed by atoms with Crippen molar-refractivity contribution < 1.29 is 13.2 Å². The number of aryl methyl sites for hydroxylation is 1. The van der Waals surface area contributed by atoms with Gasteiger partial charge in [0.25, 0.3) is 0 Å². The van der Waals surface area contributed by atoms with Crippen LogP contribution < -0.4 is 15.5 Å². The number of morpholine rings is 1. The maximum atomic E-state index is 12.8. The minimum Gasteiger partial charge on any atom is -0.378 e. The van der Waals surface area contributed by atoms with Gasteiger partial charge >= 0.3 is 0 Å². The Morgan fingerprint density at radius 2 is 1.83 bits per heavy atom. The van der Waals surface area contributed by atoms with Crippen molar-refractivity contribution in [3.8, 4) is 0 Å². The third-order valence-electron chi connectivity index (χ3n) is 5.90. The van der Waals surface area contributed by atoms with E-state index < -0.39 is 15.1 Å². The molecule has 0 radical (unpaired) electrons. The van der Waals surface area contributed by atoms with Crippen LogP contribution in [0.15, 0.2) is 53.6 Å². The van der Waals surface area contributed by atoms with E-state index >= 15 is 0 Å². The average Bonchev–Trinajstić information content (AvgIpc) is 2.87. The summed E-state index contributed by atoms with van der Waals surface area (Å²) in [7, 11) is -3.50. The third kappa shape index (κ3) is 5.69. The van der Waals surface area contributed by atoms with Gasteiger partial charge in [-0.1, -0.05) is 30.7 Å². The summed E-state index contributed by atoms with van der Waals surface area (Å²) in [5.41, 5.74) is 3.62. The molecule has 10 heteroatoms. The molecule has 1 saturated heterocycles. The van der Waals surface area contributed by atoms with Gasteiger partial charge in [-0.15, -0.1) is 0 Å². The molecule has 8 nitrogen and oxygen atoms in total. The lowest BCUT2D eigenvalue weighted by atomic mass is 10.1. The molecule has 0 atom stereocenters. The number of para-hydroxylation sites is 1. The highest BCUT2D eigenvalue weighted by atomic mass is 35.5. The number of aromatic nitrogens is 2. The van der Waals surface area contributed by atoms with Crippen molar-refractivity contribution in [1.29, 1.82) is 0 Å². The second-order valence-corrected chi connectivity index (χ2v) is 11.4. The second kappa shape index (κ2) is 10.8. The number of hydrogen-bond donors (Lipinski definition) is 2. The highest BCUT2D eigenvalue weighted by molar-refractivity contribution is 7.92. The summed E-state index contributed by atoms with van der Waals surface area (Å²) < 4.78 is 31.1. The number of nitrogens with zero attached hydrogens (tertiary/aromatic N) is 3.